The summed E-state index contributed by atoms with van der Waals surface area (Å²) in [5.74, 6) is -1.90. The number of nitrogens with zero attached hydrogens (tertiary/aromatic N) is 3. The Hall–Kier alpha value is -2.96. The molecule has 124 valence electrons. The minimum absolute atomic E-state index is 0.0654. The van der Waals surface area contributed by atoms with Crippen molar-refractivity contribution in [3.63, 3.8) is 0 Å². The Morgan fingerprint density at radius 1 is 1.04 bits per heavy atom. The fraction of sp³-hybridized carbons (Fsp3) is 0.235. The number of anilines is 1. The molecule has 1 aromatic carbocycles. The van der Waals surface area contributed by atoms with Crippen LogP contribution in [0.5, 0.6) is 0 Å². The van der Waals surface area contributed by atoms with Crippen molar-refractivity contribution in [3.8, 4) is 0 Å². The van der Waals surface area contributed by atoms with Crippen LogP contribution in [0.4, 0.5) is 10.1 Å². The number of aromatic carboxylic acids is 1. The van der Waals surface area contributed by atoms with Crippen LogP contribution in [0.1, 0.15) is 20.8 Å². The van der Waals surface area contributed by atoms with Gasteiger partial charge in [-0.05, 0) is 24.3 Å². The van der Waals surface area contributed by atoms with Crippen LogP contribution in [-0.2, 0) is 0 Å². The number of hydrogen-bond acceptors (Lipinski definition) is 4. The van der Waals surface area contributed by atoms with Crippen molar-refractivity contribution < 1.29 is 19.1 Å². The molecule has 2 heterocycles. The number of rotatable bonds is 3. The molecule has 0 spiro atoms. The third-order valence-electron chi connectivity index (χ3n) is 4.00. The second-order valence-corrected chi connectivity index (χ2v) is 5.44. The highest BCUT2D eigenvalue weighted by molar-refractivity contribution is 6.03. The maximum absolute atomic E-state index is 13.8. The van der Waals surface area contributed by atoms with E-state index in [-0.39, 0.29) is 17.1 Å². The summed E-state index contributed by atoms with van der Waals surface area (Å²) in [6.45, 7) is 1.70. The zero-order valence-electron chi connectivity index (χ0n) is 12.9. The molecular weight excluding hydrogens is 313 g/mol. The first-order chi connectivity index (χ1) is 11.6. The van der Waals surface area contributed by atoms with Gasteiger partial charge in [0.25, 0.3) is 5.91 Å². The third kappa shape index (κ3) is 3.05. The molecule has 24 heavy (non-hydrogen) atoms. The second kappa shape index (κ2) is 6.66. The molecule has 0 bridgehead atoms. The Morgan fingerprint density at radius 3 is 2.42 bits per heavy atom. The van der Waals surface area contributed by atoms with Crippen LogP contribution >= 0.6 is 0 Å². The van der Waals surface area contributed by atoms with E-state index in [1.807, 2.05) is 4.90 Å². The quantitative estimate of drug-likeness (QED) is 0.931. The number of aromatic nitrogens is 1. The molecule has 6 nitrogen and oxygen atoms in total. The van der Waals surface area contributed by atoms with E-state index >= 15 is 0 Å². The Bertz CT molecular complexity index is 773. The van der Waals surface area contributed by atoms with E-state index < -0.39 is 11.9 Å². The number of benzene rings is 1. The molecule has 0 saturated carbocycles. The van der Waals surface area contributed by atoms with Crippen LogP contribution in [0.2, 0.25) is 0 Å². The number of carboxylic acids is 1. The monoisotopic (exact) mass is 329 g/mol. The van der Waals surface area contributed by atoms with Gasteiger partial charge in [0.1, 0.15) is 11.5 Å². The SMILES string of the molecule is O=C(O)c1cccnc1C(=O)N1CCN(c2ccccc2F)CC1. The van der Waals surface area contributed by atoms with Crippen LogP contribution in [0.3, 0.4) is 0 Å². The van der Waals surface area contributed by atoms with Crippen molar-refractivity contribution >= 4 is 17.6 Å². The number of pyridine rings is 1. The van der Waals surface area contributed by atoms with Crippen LogP contribution in [0.15, 0.2) is 42.6 Å². The molecule has 1 N–H and O–H groups in total. The van der Waals surface area contributed by atoms with E-state index in [4.69, 9.17) is 0 Å². The number of amides is 1. The van der Waals surface area contributed by atoms with Gasteiger partial charge in [0, 0.05) is 32.4 Å². The average molecular weight is 329 g/mol. The van der Waals surface area contributed by atoms with E-state index in [0.29, 0.717) is 31.9 Å². The van der Waals surface area contributed by atoms with Gasteiger partial charge < -0.3 is 14.9 Å². The van der Waals surface area contributed by atoms with E-state index in [0.717, 1.165) is 0 Å². The first-order valence-corrected chi connectivity index (χ1v) is 7.55. The topological polar surface area (TPSA) is 73.7 Å². The van der Waals surface area contributed by atoms with Gasteiger partial charge in [-0.15, -0.1) is 0 Å². The fourth-order valence-electron chi connectivity index (χ4n) is 2.76. The molecule has 1 fully saturated rings. The van der Waals surface area contributed by atoms with Crippen molar-refractivity contribution in [2.45, 2.75) is 0 Å². The lowest BCUT2D eigenvalue weighted by Gasteiger charge is -2.36. The number of piperazine rings is 1. The number of carboxylic acid groups (broad SMARTS) is 1. The normalized spacial score (nSPS) is 14.5. The third-order valence-corrected chi connectivity index (χ3v) is 4.00. The Kier molecular flexibility index (Phi) is 4.41. The molecular formula is C17H16FN3O3. The molecule has 0 aliphatic carbocycles. The molecule has 2 aromatic rings. The van der Waals surface area contributed by atoms with Gasteiger partial charge in [0.2, 0.25) is 0 Å². The van der Waals surface area contributed by atoms with Gasteiger partial charge in [0.05, 0.1) is 11.3 Å². The van der Waals surface area contributed by atoms with Gasteiger partial charge in [-0.25, -0.2) is 9.18 Å². The lowest BCUT2D eigenvalue weighted by atomic mass is 10.1. The summed E-state index contributed by atoms with van der Waals surface area (Å²) >= 11 is 0. The first kappa shape index (κ1) is 15.9. The Morgan fingerprint density at radius 2 is 1.75 bits per heavy atom. The largest absolute Gasteiger partial charge is 0.478 e. The minimum atomic E-state index is -1.18. The van der Waals surface area contributed by atoms with Crippen LogP contribution in [-0.4, -0.2) is 53.0 Å². The predicted molar refractivity (Wildman–Crippen MR) is 85.7 cm³/mol. The van der Waals surface area contributed by atoms with Crippen molar-refractivity contribution in [1.82, 2.24) is 9.88 Å². The highest BCUT2D eigenvalue weighted by Gasteiger charge is 2.27. The predicted octanol–water partition coefficient (Wildman–Crippen LogP) is 1.88. The van der Waals surface area contributed by atoms with E-state index in [2.05, 4.69) is 4.98 Å². The van der Waals surface area contributed by atoms with Gasteiger partial charge >= 0.3 is 5.97 Å². The summed E-state index contributed by atoms with van der Waals surface area (Å²) in [6.07, 6.45) is 1.40. The average Bonchev–Trinajstić information content (AvgIpc) is 2.62. The molecule has 0 radical (unpaired) electrons. The summed E-state index contributed by atoms with van der Waals surface area (Å²) < 4.78 is 13.8. The summed E-state index contributed by atoms with van der Waals surface area (Å²) in [6, 6.07) is 9.35. The lowest BCUT2D eigenvalue weighted by Crippen LogP contribution is -2.49. The number of carbonyl (C=O) groups is 2. The Labute approximate surface area is 138 Å². The van der Waals surface area contributed by atoms with Crippen LogP contribution in [0.25, 0.3) is 0 Å². The van der Waals surface area contributed by atoms with E-state index in [1.165, 1.54) is 24.4 Å². The van der Waals surface area contributed by atoms with Gasteiger partial charge in [-0.2, -0.15) is 0 Å². The summed E-state index contributed by atoms with van der Waals surface area (Å²) in [5, 5.41) is 9.17. The zero-order chi connectivity index (χ0) is 17.1. The molecule has 7 heteroatoms. The minimum Gasteiger partial charge on any atom is -0.478 e. The summed E-state index contributed by atoms with van der Waals surface area (Å²) in [4.78, 5) is 31.1. The van der Waals surface area contributed by atoms with Crippen LogP contribution < -0.4 is 4.90 Å². The molecule has 1 aromatic heterocycles. The highest BCUT2D eigenvalue weighted by atomic mass is 19.1. The maximum atomic E-state index is 13.8. The lowest BCUT2D eigenvalue weighted by molar-refractivity contribution is 0.0669. The zero-order valence-corrected chi connectivity index (χ0v) is 12.9. The van der Waals surface area contributed by atoms with Crippen molar-refractivity contribution in [2.75, 3.05) is 31.1 Å². The molecule has 0 unspecified atom stereocenters. The van der Waals surface area contributed by atoms with E-state index in [9.17, 15) is 19.1 Å². The van der Waals surface area contributed by atoms with E-state index in [1.54, 1.807) is 23.1 Å². The molecule has 0 atom stereocenters. The molecule has 1 amide bonds. The molecule has 3 rings (SSSR count). The highest BCUT2D eigenvalue weighted by Crippen LogP contribution is 2.21. The van der Waals surface area contributed by atoms with Crippen molar-refractivity contribution in [1.29, 1.82) is 0 Å². The molecule has 1 aliphatic rings. The van der Waals surface area contributed by atoms with Gasteiger partial charge in [0.15, 0.2) is 0 Å². The standard InChI is InChI=1S/C17H16FN3O3/c18-13-5-1-2-6-14(13)20-8-10-21(11-9-20)16(22)15-12(17(23)24)4-3-7-19-15/h1-7H,8-11H2,(H,23,24). The number of halogens is 1. The molecule has 1 saturated heterocycles. The maximum Gasteiger partial charge on any atom is 0.338 e. The second-order valence-electron chi connectivity index (χ2n) is 5.44. The number of carbonyl (C=O) groups excluding carboxylic acids is 1. The van der Waals surface area contributed by atoms with Crippen molar-refractivity contribution in [3.05, 3.63) is 59.7 Å². The fourth-order valence-corrected chi connectivity index (χ4v) is 2.76. The smallest absolute Gasteiger partial charge is 0.338 e. The summed E-state index contributed by atoms with van der Waals surface area (Å²) in [7, 11) is 0. The Balaban J connectivity index is 1.72. The number of para-hydroxylation sites is 1. The number of hydrogen-bond donors (Lipinski definition) is 1. The van der Waals surface area contributed by atoms with Gasteiger partial charge in [-0.3, -0.25) is 9.78 Å². The van der Waals surface area contributed by atoms with Crippen molar-refractivity contribution in [2.24, 2.45) is 0 Å². The first-order valence-electron chi connectivity index (χ1n) is 7.55. The molecule has 1 aliphatic heterocycles. The summed E-state index contributed by atoms with van der Waals surface area (Å²) in [5.41, 5.74) is 0.331. The van der Waals surface area contributed by atoms with Crippen LogP contribution in [0, 0.1) is 5.82 Å². The van der Waals surface area contributed by atoms with Gasteiger partial charge in [-0.1, -0.05) is 12.1 Å².